The van der Waals surface area contributed by atoms with Gasteiger partial charge in [-0.05, 0) is 30.3 Å². The van der Waals surface area contributed by atoms with E-state index in [-0.39, 0.29) is 50.1 Å². The Hall–Kier alpha value is -1.04. The number of piperazine rings is 1. The van der Waals surface area contributed by atoms with Crippen LogP contribution in [0.5, 0.6) is 5.75 Å². The summed E-state index contributed by atoms with van der Waals surface area (Å²) in [6, 6.07) is 5.92. The zero-order valence-electron chi connectivity index (χ0n) is 11.0. The quantitative estimate of drug-likeness (QED) is 0.662. The summed E-state index contributed by atoms with van der Waals surface area (Å²) in [5.41, 5.74) is 0.440. The summed E-state index contributed by atoms with van der Waals surface area (Å²) in [5.74, 6) is -0.314. The molecule has 1 radical (unpaired) electrons. The Morgan fingerprint density at radius 1 is 1.10 bits per heavy atom. The van der Waals surface area contributed by atoms with Gasteiger partial charge in [0.05, 0.1) is 0 Å². The molecule has 2 rings (SSSR count). The zero-order valence-corrected chi connectivity index (χ0v) is 13.9. The number of phenols is 1. The van der Waals surface area contributed by atoms with Crippen LogP contribution in [0.3, 0.4) is 0 Å². The standard InChI is InChI=1S/C14H15N2O3.Y/c17-12-3-1-11(2-4-12)13(18)5-6-14(19)16-9-7-15-8-10-16;/h1-6,17H,7-10H2;/q-1;/b6-5+;. The Bertz CT molecular complexity index is 494. The number of amides is 1. The molecule has 5 nitrogen and oxygen atoms in total. The number of carbonyl (C=O) groups excluding carboxylic acids is 2. The van der Waals surface area contributed by atoms with E-state index in [9.17, 15) is 9.59 Å². The van der Waals surface area contributed by atoms with Crippen LogP contribution in [0.2, 0.25) is 0 Å². The molecule has 0 aliphatic carbocycles. The first-order valence-electron chi connectivity index (χ1n) is 6.10. The third-order valence-corrected chi connectivity index (χ3v) is 2.90. The number of allylic oxidation sites excluding steroid dienone is 1. The first-order valence-corrected chi connectivity index (χ1v) is 6.10. The fourth-order valence-corrected chi connectivity index (χ4v) is 1.80. The van der Waals surface area contributed by atoms with E-state index < -0.39 is 0 Å². The van der Waals surface area contributed by atoms with Gasteiger partial charge in [-0.1, -0.05) is 0 Å². The summed E-state index contributed by atoms with van der Waals surface area (Å²) in [5, 5.41) is 13.3. The number of carbonyl (C=O) groups is 2. The third-order valence-electron chi connectivity index (χ3n) is 2.90. The largest absolute Gasteiger partial charge is 0.659 e. The molecule has 1 aromatic carbocycles. The Morgan fingerprint density at radius 2 is 1.70 bits per heavy atom. The molecule has 1 aliphatic rings. The molecule has 0 unspecified atom stereocenters. The van der Waals surface area contributed by atoms with Crippen molar-refractivity contribution in [3.05, 3.63) is 47.3 Å². The Morgan fingerprint density at radius 3 is 2.30 bits per heavy atom. The predicted molar refractivity (Wildman–Crippen MR) is 71.3 cm³/mol. The first kappa shape index (κ1) is 17.0. The SMILES string of the molecule is O=C(/C=C/C(=O)N1CC[N-]CC1)c1ccc(O)cc1.[Y]. The van der Waals surface area contributed by atoms with E-state index in [1.807, 2.05) is 0 Å². The maximum atomic E-state index is 11.8. The van der Waals surface area contributed by atoms with Crippen molar-refractivity contribution in [2.45, 2.75) is 0 Å². The van der Waals surface area contributed by atoms with Crippen molar-refractivity contribution in [3.8, 4) is 5.75 Å². The molecular formula is C14H15N2O3Y-. The van der Waals surface area contributed by atoms with E-state index in [4.69, 9.17) is 5.11 Å². The average molecular weight is 348 g/mol. The zero-order chi connectivity index (χ0) is 13.7. The molecule has 6 heteroatoms. The normalized spacial score (nSPS) is 14.9. The fraction of sp³-hybridized carbons (Fsp3) is 0.286. The molecule has 0 aromatic heterocycles. The topological polar surface area (TPSA) is 71.7 Å². The van der Waals surface area contributed by atoms with Gasteiger partial charge in [-0.15, -0.1) is 13.1 Å². The number of phenolic OH excluding ortho intramolecular Hbond substituents is 1. The van der Waals surface area contributed by atoms with Gasteiger partial charge in [0.2, 0.25) is 5.91 Å². The smallest absolute Gasteiger partial charge is 0.246 e. The number of benzene rings is 1. The molecule has 0 bridgehead atoms. The number of hydrogen-bond donors (Lipinski definition) is 1. The number of aromatic hydroxyl groups is 1. The van der Waals surface area contributed by atoms with E-state index in [2.05, 4.69) is 5.32 Å². The van der Waals surface area contributed by atoms with Crippen LogP contribution < -0.4 is 0 Å². The van der Waals surface area contributed by atoms with E-state index in [1.165, 1.54) is 36.4 Å². The van der Waals surface area contributed by atoms with E-state index in [0.29, 0.717) is 31.7 Å². The molecule has 1 saturated heterocycles. The molecule has 20 heavy (non-hydrogen) atoms. The van der Waals surface area contributed by atoms with Crippen molar-refractivity contribution in [3.63, 3.8) is 0 Å². The van der Waals surface area contributed by atoms with Crippen molar-refractivity contribution in [2.75, 3.05) is 26.2 Å². The molecule has 0 saturated carbocycles. The minimum absolute atomic E-state index is 0. The molecule has 103 valence electrons. The average Bonchev–Trinajstić information content (AvgIpc) is 2.46. The molecule has 0 spiro atoms. The molecule has 1 fully saturated rings. The predicted octanol–water partition coefficient (Wildman–Crippen LogP) is 1.34. The maximum Gasteiger partial charge on any atom is 0.246 e. The second-order valence-electron chi connectivity index (χ2n) is 4.24. The van der Waals surface area contributed by atoms with Gasteiger partial charge in [0.15, 0.2) is 5.78 Å². The molecule has 1 amide bonds. The summed E-state index contributed by atoms with van der Waals surface area (Å²) in [6.45, 7) is 2.53. The van der Waals surface area contributed by atoms with Gasteiger partial charge in [-0.2, -0.15) is 0 Å². The van der Waals surface area contributed by atoms with Gasteiger partial charge < -0.3 is 15.3 Å². The van der Waals surface area contributed by atoms with Crippen molar-refractivity contribution in [1.82, 2.24) is 4.90 Å². The second-order valence-corrected chi connectivity index (χ2v) is 4.24. The van der Waals surface area contributed by atoms with Gasteiger partial charge in [-0.25, -0.2) is 0 Å². The second kappa shape index (κ2) is 8.30. The van der Waals surface area contributed by atoms with Gasteiger partial charge in [-0.3, -0.25) is 9.59 Å². The maximum absolute atomic E-state index is 11.8. The van der Waals surface area contributed by atoms with E-state index >= 15 is 0 Å². The summed E-state index contributed by atoms with van der Waals surface area (Å²) in [4.78, 5) is 25.3. The van der Waals surface area contributed by atoms with Crippen molar-refractivity contribution in [1.29, 1.82) is 0 Å². The Balaban J connectivity index is 0.00000200. The number of nitrogens with zero attached hydrogens (tertiary/aromatic N) is 2. The first-order chi connectivity index (χ1) is 9.16. The Kier molecular flexibility index (Phi) is 7.06. The number of hydrogen-bond acceptors (Lipinski definition) is 3. The minimum atomic E-state index is -0.255. The van der Waals surface area contributed by atoms with Crippen LogP contribution >= 0.6 is 0 Å². The summed E-state index contributed by atoms with van der Waals surface area (Å²) in [7, 11) is 0. The van der Waals surface area contributed by atoms with Gasteiger partial charge in [0, 0.05) is 57.4 Å². The van der Waals surface area contributed by atoms with Crippen LogP contribution in [0, 0.1) is 0 Å². The third kappa shape index (κ3) is 4.82. The van der Waals surface area contributed by atoms with E-state index in [0.717, 1.165) is 0 Å². The van der Waals surface area contributed by atoms with Crippen LogP contribution in [0.25, 0.3) is 5.32 Å². The molecule has 1 heterocycles. The molecule has 1 aromatic rings. The number of rotatable bonds is 3. The van der Waals surface area contributed by atoms with Crippen LogP contribution in [0.4, 0.5) is 0 Å². The van der Waals surface area contributed by atoms with Crippen molar-refractivity contribution < 1.29 is 47.4 Å². The molecule has 0 atom stereocenters. The summed E-state index contributed by atoms with van der Waals surface area (Å²) < 4.78 is 0. The van der Waals surface area contributed by atoms with E-state index in [1.54, 1.807) is 4.90 Å². The summed E-state index contributed by atoms with van der Waals surface area (Å²) >= 11 is 0. The van der Waals surface area contributed by atoms with Crippen molar-refractivity contribution in [2.24, 2.45) is 0 Å². The van der Waals surface area contributed by atoms with Gasteiger partial charge in [0.25, 0.3) is 0 Å². The number of ketones is 1. The summed E-state index contributed by atoms with van der Waals surface area (Å²) in [6.07, 6.45) is 2.56. The van der Waals surface area contributed by atoms with Gasteiger partial charge >= 0.3 is 0 Å². The van der Waals surface area contributed by atoms with Crippen LogP contribution in [0.15, 0.2) is 36.4 Å². The molecule has 1 N–H and O–H groups in total. The van der Waals surface area contributed by atoms with Gasteiger partial charge in [0.1, 0.15) is 5.75 Å². The molecule has 1 aliphatic heterocycles. The van der Waals surface area contributed by atoms with Crippen LogP contribution in [0.1, 0.15) is 10.4 Å². The fourth-order valence-electron chi connectivity index (χ4n) is 1.80. The monoisotopic (exact) mass is 348 g/mol. The minimum Gasteiger partial charge on any atom is -0.659 e. The Labute approximate surface area is 142 Å². The van der Waals surface area contributed by atoms with Crippen molar-refractivity contribution >= 4 is 11.7 Å². The van der Waals surface area contributed by atoms with Crippen LogP contribution in [-0.4, -0.2) is 47.9 Å². The van der Waals surface area contributed by atoms with Crippen LogP contribution in [-0.2, 0) is 37.5 Å². The molecular weight excluding hydrogens is 333 g/mol.